The van der Waals surface area contributed by atoms with Crippen LogP contribution in [0.5, 0.6) is 0 Å². The lowest BCUT2D eigenvalue weighted by Gasteiger charge is -2.29. The van der Waals surface area contributed by atoms with Crippen molar-refractivity contribution in [2.24, 2.45) is 5.92 Å². The van der Waals surface area contributed by atoms with E-state index in [1.165, 1.54) is 41.5 Å². The lowest BCUT2D eigenvalue weighted by atomic mass is 9.84. The third-order valence-corrected chi connectivity index (χ3v) is 15.5. The maximum atomic E-state index is 13.4. The number of thiazole rings is 1. The molecule has 1 fully saturated rings. The van der Waals surface area contributed by atoms with E-state index in [4.69, 9.17) is 9.05 Å². The van der Waals surface area contributed by atoms with Gasteiger partial charge >= 0.3 is 7.60 Å². The molecule has 1 saturated carbocycles. The molecule has 3 aromatic carbocycles. The van der Waals surface area contributed by atoms with Crippen LogP contribution < -0.4 is 4.62 Å². The lowest BCUT2D eigenvalue weighted by molar-refractivity contribution is -0.133. The van der Waals surface area contributed by atoms with Gasteiger partial charge < -0.3 is 19.1 Å². The van der Waals surface area contributed by atoms with Crippen LogP contribution in [0.3, 0.4) is 0 Å². The van der Waals surface area contributed by atoms with Gasteiger partial charge in [-0.15, -0.1) is 23.1 Å². The van der Waals surface area contributed by atoms with Crippen LogP contribution in [0.15, 0.2) is 94.9 Å². The molecular weight excluding hydrogens is 788 g/mol. The SMILES string of the molecule is CCOP(=O)(OCC)c1cnc(CC(=O)[C@H](CC2CCCC2)c2ccc(S(C)(=O)=O)cc2)s1.CSc1ccc(CC(=O)N(C)[C@H](C)[C@H](O)c2ccccc2)cc1. The zero-order valence-corrected chi connectivity index (χ0v) is 36.5. The van der Waals surface area contributed by atoms with Gasteiger partial charge in [-0.1, -0.05) is 80.3 Å². The zero-order valence-electron chi connectivity index (χ0n) is 33.1. The lowest BCUT2D eigenvalue weighted by Crippen LogP contribution is -2.39. The minimum Gasteiger partial charge on any atom is -0.386 e. The Hall–Kier alpha value is -3.16. The molecule has 1 N–H and O–H groups in total. The number of aliphatic hydroxyl groups excluding tert-OH is 1. The Morgan fingerprint density at radius 1 is 0.946 bits per heavy atom. The van der Waals surface area contributed by atoms with E-state index in [2.05, 4.69) is 4.98 Å². The molecule has 0 aliphatic heterocycles. The van der Waals surface area contributed by atoms with Gasteiger partial charge in [0.1, 0.15) is 15.4 Å². The predicted molar refractivity (Wildman–Crippen MR) is 226 cm³/mol. The van der Waals surface area contributed by atoms with Crippen LogP contribution in [-0.2, 0) is 45.9 Å². The van der Waals surface area contributed by atoms with Crippen molar-refractivity contribution in [2.45, 2.75) is 93.6 Å². The maximum absolute atomic E-state index is 13.4. The molecule has 14 heteroatoms. The zero-order chi connectivity index (χ0) is 40.9. The third kappa shape index (κ3) is 12.9. The summed E-state index contributed by atoms with van der Waals surface area (Å²) < 4.78 is 47.8. The second-order valence-corrected chi connectivity index (χ2v) is 20.3. The first kappa shape index (κ1) is 45.5. The number of sulfone groups is 1. The number of ketones is 1. The fourth-order valence-electron chi connectivity index (χ4n) is 6.68. The standard InChI is InChI=1S/C23H32NO6PS2.C19H23NO2S/c1-4-29-31(26,30-5-2)23-16-24-22(32-23)15-21(25)20(14-17-8-6-7-9-17)18-10-12-19(13-11-18)33(3,27)28;1-14(19(22)16-7-5-4-6-8-16)20(2)18(21)13-15-9-11-17(23-3)12-10-15/h10-13,16-17,20H,4-9,14-15H2,1-3H3;4-12,14,19,22H,13H2,1-3H3/t20-;14-,19+/m11/s1. The number of hydrogen-bond donors (Lipinski definition) is 1. The second-order valence-electron chi connectivity index (χ2n) is 14.0. The van der Waals surface area contributed by atoms with E-state index >= 15 is 0 Å². The van der Waals surface area contributed by atoms with Crippen molar-refractivity contribution in [3.63, 3.8) is 0 Å². The molecule has 1 aromatic heterocycles. The summed E-state index contributed by atoms with van der Waals surface area (Å²) in [5.41, 5.74) is 2.63. The van der Waals surface area contributed by atoms with Gasteiger partial charge in [0.15, 0.2) is 9.84 Å². The van der Waals surface area contributed by atoms with Gasteiger partial charge in [0.2, 0.25) is 5.91 Å². The van der Waals surface area contributed by atoms with Crippen LogP contribution in [0, 0.1) is 5.92 Å². The third-order valence-electron chi connectivity index (χ3n) is 9.99. The maximum Gasteiger partial charge on any atom is 0.372 e. The average Bonchev–Trinajstić information content (AvgIpc) is 3.90. The number of carbonyl (C=O) groups is 2. The molecule has 1 amide bonds. The van der Waals surface area contributed by atoms with Crippen molar-refractivity contribution < 1.29 is 36.7 Å². The van der Waals surface area contributed by atoms with Gasteiger partial charge in [0.05, 0.1) is 49.3 Å². The van der Waals surface area contributed by atoms with Crippen molar-refractivity contribution in [3.8, 4) is 0 Å². The van der Waals surface area contributed by atoms with Crippen molar-refractivity contribution >= 4 is 56.8 Å². The largest absolute Gasteiger partial charge is 0.386 e. The van der Waals surface area contributed by atoms with E-state index in [1.807, 2.05) is 67.8 Å². The molecule has 304 valence electrons. The highest BCUT2D eigenvalue weighted by Gasteiger charge is 2.32. The average molecular weight is 843 g/mol. The predicted octanol–water partition coefficient (Wildman–Crippen LogP) is 8.45. The van der Waals surface area contributed by atoms with Crippen LogP contribution in [0.2, 0.25) is 0 Å². The fraction of sp³-hybridized carbons (Fsp3) is 0.452. The van der Waals surface area contributed by atoms with Gasteiger partial charge in [0.25, 0.3) is 0 Å². The molecular formula is C42H55N2O8PS3. The monoisotopic (exact) mass is 842 g/mol. The number of rotatable bonds is 18. The summed E-state index contributed by atoms with van der Waals surface area (Å²) in [5.74, 6) is 0.179. The number of Topliss-reactive ketones (excluding diaryl/α,β-unsaturated/α-hetero) is 1. The quantitative estimate of drug-likeness (QED) is 0.0767. The smallest absolute Gasteiger partial charge is 0.372 e. The number of likely N-dealkylation sites (N-methyl/N-ethyl adjacent to an activating group) is 1. The van der Waals surface area contributed by atoms with Crippen LogP contribution in [0.1, 0.15) is 86.6 Å². The highest BCUT2D eigenvalue weighted by atomic mass is 32.2. The first-order valence-corrected chi connectivity index (χ1v) is 24.4. The molecule has 3 atom stereocenters. The van der Waals surface area contributed by atoms with Crippen LogP contribution >= 0.6 is 30.7 Å². The molecule has 0 bridgehead atoms. The number of benzene rings is 3. The molecule has 0 radical (unpaired) electrons. The van der Waals surface area contributed by atoms with E-state index in [-0.39, 0.29) is 48.2 Å². The first-order valence-electron chi connectivity index (χ1n) is 19.0. The van der Waals surface area contributed by atoms with E-state index in [0.29, 0.717) is 22.0 Å². The molecule has 10 nitrogen and oxygen atoms in total. The molecule has 0 saturated heterocycles. The molecule has 1 heterocycles. The van der Waals surface area contributed by atoms with Gasteiger partial charge in [-0.05, 0) is 80.3 Å². The first-order chi connectivity index (χ1) is 26.7. The van der Waals surface area contributed by atoms with Crippen molar-refractivity contribution in [2.75, 3.05) is 32.8 Å². The van der Waals surface area contributed by atoms with E-state index in [1.54, 1.807) is 61.8 Å². The molecule has 5 rings (SSSR count). The second kappa shape index (κ2) is 21.6. The van der Waals surface area contributed by atoms with E-state index in [0.717, 1.165) is 36.0 Å². The van der Waals surface area contributed by atoms with Crippen molar-refractivity contribution in [3.05, 3.63) is 107 Å². The number of aromatic nitrogens is 1. The molecule has 0 spiro atoms. The highest BCUT2D eigenvalue weighted by Crippen LogP contribution is 2.48. The Bertz CT molecular complexity index is 1990. The van der Waals surface area contributed by atoms with Gasteiger partial charge in [-0.25, -0.2) is 13.4 Å². The summed E-state index contributed by atoms with van der Waals surface area (Å²) in [6, 6.07) is 23.8. The Balaban J connectivity index is 0.000000265. The normalized spacial score (nSPS) is 15.1. The minimum atomic E-state index is -3.43. The van der Waals surface area contributed by atoms with Crippen LogP contribution in [-0.4, -0.2) is 73.9 Å². The number of amides is 1. The summed E-state index contributed by atoms with van der Waals surface area (Å²) in [6.07, 6.45) is 9.77. The Morgan fingerprint density at radius 3 is 2.11 bits per heavy atom. The topological polar surface area (TPSA) is 140 Å². The number of carbonyl (C=O) groups excluding carboxylic acids is 2. The summed E-state index contributed by atoms with van der Waals surface area (Å²) in [4.78, 5) is 33.2. The Labute approximate surface area is 340 Å². The molecule has 0 unspecified atom stereocenters. The molecule has 56 heavy (non-hydrogen) atoms. The van der Waals surface area contributed by atoms with Gasteiger partial charge in [-0.2, -0.15) is 0 Å². The van der Waals surface area contributed by atoms with Crippen molar-refractivity contribution in [1.82, 2.24) is 9.88 Å². The summed E-state index contributed by atoms with van der Waals surface area (Å²) in [5, 5.41) is 11.0. The van der Waals surface area contributed by atoms with Gasteiger partial charge in [-0.3, -0.25) is 14.2 Å². The van der Waals surface area contributed by atoms with E-state index in [9.17, 15) is 27.7 Å². The molecule has 1 aliphatic rings. The molecule has 4 aromatic rings. The summed E-state index contributed by atoms with van der Waals surface area (Å²) in [6.45, 7) is 5.86. The summed E-state index contributed by atoms with van der Waals surface area (Å²) in [7, 11) is -4.99. The Morgan fingerprint density at radius 2 is 1.55 bits per heavy atom. The summed E-state index contributed by atoms with van der Waals surface area (Å²) >= 11 is 2.87. The van der Waals surface area contributed by atoms with Crippen LogP contribution in [0.4, 0.5) is 0 Å². The number of aliphatic hydroxyl groups is 1. The highest BCUT2D eigenvalue weighted by molar-refractivity contribution is 7.98. The number of thioether (sulfide) groups is 1. The minimum absolute atomic E-state index is 0.00406. The fourth-order valence-corrected chi connectivity index (χ4v) is 10.7. The van der Waals surface area contributed by atoms with E-state index < -0.39 is 23.5 Å². The Kier molecular flexibility index (Phi) is 17.5. The van der Waals surface area contributed by atoms with Gasteiger partial charge in [0, 0.05) is 24.1 Å². The number of nitrogens with zero attached hydrogens (tertiary/aromatic N) is 2. The van der Waals surface area contributed by atoms with Crippen LogP contribution in [0.25, 0.3) is 0 Å². The van der Waals surface area contributed by atoms with Crippen molar-refractivity contribution in [1.29, 1.82) is 0 Å². The number of hydrogen-bond acceptors (Lipinski definition) is 11. The molecule has 1 aliphatic carbocycles.